The molecule has 10 heavy (non-hydrogen) atoms. The molecule has 0 fully saturated rings. The van der Waals surface area contributed by atoms with Gasteiger partial charge >= 0.3 is 0 Å². The van der Waals surface area contributed by atoms with E-state index in [-0.39, 0.29) is 0 Å². The number of allylic oxidation sites excluding steroid dienone is 3. The van der Waals surface area contributed by atoms with E-state index >= 15 is 0 Å². The van der Waals surface area contributed by atoms with E-state index in [2.05, 4.69) is 0 Å². The highest BCUT2D eigenvalue weighted by atomic mass is 16.5. The minimum atomic E-state index is -1.49. The Morgan fingerprint density at radius 3 is 2.70 bits per heavy atom. The standard InChI is InChI=1S/C7H8O3/c8-4-5-2-1-3-6(5)7(9)10/h1-2,4,7,9-10H,3H2. The first-order valence-electron chi connectivity index (χ1n) is 2.96. The highest BCUT2D eigenvalue weighted by Crippen LogP contribution is 2.19. The predicted molar refractivity (Wildman–Crippen MR) is 35.1 cm³/mol. The first-order chi connectivity index (χ1) is 4.75. The smallest absolute Gasteiger partial charge is 0.175 e. The molecule has 0 amide bonds. The summed E-state index contributed by atoms with van der Waals surface area (Å²) in [5, 5.41) is 17.3. The lowest BCUT2D eigenvalue weighted by Gasteiger charge is -2.03. The lowest BCUT2D eigenvalue weighted by Crippen LogP contribution is -2.08. The van der Waals surface area contributed by atoms with Gasteiger partial charge in [-0.1, -0.05) is 12.2 Å². The van der Waals surface area contributed by atoms with E-state index in [0.717, 1.165) is 0 Å². The molecule has 0 aromatic heterocycles. The van der Waals surface area contributed by atoms with Crippen LogP contribution in [0.1, 0.15) is 6.42 Å². The Kier molecular flexibility index (Phi) is 1.99. The Morgan fingerprint density at radius 2 is 2.30 bits per heavy atom. The van der Waals surface area contributed by atoms with Crippen molar-refractivity contribution in [2.24, 2.45) is 0 Å². The Balaban J connectivity index is 2.84. The lowest BCUT2D eigenvalue weighted by atomic mass is 10.1. The number of aliphatic hydroxyl groups is 2. The quantitative estimate of drug-likeness (QED) is 0.411. The van der Waals surface area contributed by atoms with Crippen molar-refractivity contribution < 1.29 is 15.0 Å². The average molecular weight is 140 g/mol. The Morgan fingerprint density at radius 1 is 1.60 bits per heavy atom. The molecule has 54 valence electrons. The van der Waals surface area contributed by atoms with Gasteiger partial charge in [-0.25, -0.2) is 0 Å². The van der Waals surface area contributed by atoms with Gasteiger partial charge in [0.2, 0.25) is 0 Å². The highest BCUT2D eigenvalue weighted by Gasteiger charge is 2.13. The van der Waals surface area contributed by atoms with Crippen LogP contribution in [0.4, 0.5) is 0 Å². The number of hydrogen-bond acceptors (Lipinski definition) is 3. The maximum Gasteiger partial charge on any atom is 0.175 e. The van der Waals surface area contributed by atoms with E-state index in [4.69, 9.17) is 10.2 Å². The van der Waals surface area contributed by atoms with Gasteiger partial charge in [0.25, 0.3) is 0 Å². The van der Waals surface area contributed by atoms with E-state index in [0.29, 0.717) is 23.9 Å². The minimum absolute atomic E-state index is 0.384. The third kappa shape index (κ3) is 1.15. The maximum absolute atomic E-state index is 10.2. The van der Waals surface area contributed by atoms with E-state index < -0.39 is 6.29 Å². The van der Waals surface area contributed by atoms with Crippen LogP contribution in [-0.2, 0) is 4.79 Å². The number of hydrogen-bond donors (Lipinski definition) is 2. The van der Waals surface area contributed by atoms with Crippen molar-refractivity contribution in [2.45, 2.75) is 12.7 Å². The summed E-state index contributed by atoms with van der Waals surface area (Å²) in [6.07, 6.45) is 2.90. The monoisotopic (exact) mass is 140 g/mol. The summed E-state index contributed by atoms with van der Waals surface area (Å²) in [5.74, 6) is 0. The second kappa shape index (κ2) is 2.77. The predicted octanol–water partition coefficient (Wildman–Crippen LogP) is -0.248. The van der Waals surface area contributed by atoms with Crippen LogP contribution in [0.2, 0.25) is 0 Å². The van der Waals surface area contributed by atoms with Crippen molar-refractivity contribution in [1.29, 1.82) is 0 Å². The zero-order valence-corrected chi connectivity index (χ0v) is 5.32. The van der Waals surface area contributed by atoms with E-state index in [1.807, 2.05) is 0 Å². The number of aldehydes is 1. The fraction of sp³-hybridized carbons (Fsp3) is 0.286. The second-order valence-electron chi connectivity index (χ2n) is 2.08. The summed E-state index contributed by atoms with van der Waals surface area (Å²) >= 11 is 0. The minimum Gasteiger partial charge on any atom is -0.365 e. The average Bonchev–Trinajstić information content (AvgIpc) is 2.33. The second-order valence-corrected chi connectivity index (χ2v) is 2.08. The van der Waals surface area contributed by atoms with E-state index in [1.54, 1.807) is 12.2 Å². The summed E-state index contributed by atoms with van der Waals surface area (Å²) in [7, 11) is 0. The lowest BCUT2D eigenvalue weighted by molar-refractivity contribution is -0.105. The Hall–Kier alpha value is -0.930. The van der Waals surface area contributed by atoms with Gasteiger partial charge < -0.3 is 10.2 Å². The zero-order valence-electron chi connectivity index (χ0n) is 5.32. The van der Waals surface area contributed by atoms with E-state index in [9.17, 15) is 4.79 Å². The first-order valence-corrected chi connectivity index (χ1v) is 2.96. The SMILES string of the molecule is O=CC1=C(C(O)O)CC=C1. The molecule has 0 radical (unpaired) electrons. The molecule has 3 heteroatoms. The van der Waals surface area contributed by atoms with Crippen LogP contribution < -0.4 is 0 Å². The molecule has 3 nitrogen and oxygen atoms in total. The van der Waals surface area contributed by atoms with Crippen molar-refractivity contribution in [3.63, 3.8) is 0 Å². The summed E-state index contributed by atoms with van der Waals surface area (Å²) in [6.45, 7) is 0. The van der Waals surface area contributed by atoms with Gasteiger partial charge in [-0.15, -0.1) is 0 Å². The zero-order chi connectivity index (χ0) is 7.56. The third-order valence-electron chi connectivity index (χ3n) is 1.44. The van der Waals surface area contributed by atoms with Crippen molar-refractivity contribution in [1.82, 2.24) is 0 Å². The molecular weight excluding hydrogens is 132 g/mol. The van der Waals surface area contributed by atoms with Gasteiger partial charge in [-0.2, -0.15) is 0 Å². The molecule has 0 heterocycles. The van der Waals surface area contributed by atoms with Crippen molar-refractivity contribution >= 4 is 6.29 Å². The molecule has 1 aliphatic rings. The number of carbonyl (C=O) groups excluding carboxylic acids is 1. The largest absolute Gasteiger partial charge is 0.365 e. The Bertz CT molecular complexity index is 201. The van der Waals surface area contributed by atoms with Crippen LogP contribution in [0.25, 0.3) is 0 Å². The van der Waals surface area contributed by atoms with Gasteiger partial charge in [0.1, 0.15) is 6.29 Å². The normalized spacial score (nSPS) is 17.1. The van der Waals surface area contributed by atoms with Gasteiger partial charge in [-0.3, -0.25) is 4.79 Å². The van der Waals surface area contributed by atoms with E-state index in [1.165, 1.54) is 0 Å². The van der Waals surface area contributed by atoms with Crippen molar-refractivity contribution in [3.8, 4) is 0 Å². The highest BCUT2D eigenvalue weighted by molar-refractivity contribution is 5.80. The van der Waals surface area contributed by atoms with Gasteiger partial charge in [-0.05, 0) is 12.0 Å². The van der Waals surface area contributed by atoms with Crippen LogP contribution in [0.3, 0.4) is 0 Å². The summed E-state index contributed by atoms with van der Waals surface area (Å²) < 4.78 is 0. The molecule has 0 saturated carbocycles. The molecule has 1 rings (SSSR count). The summed E-state index contributed by atoms with van der Waals surface area (Å²) in [5.41, 5.74) is 0.769. The molecular formula is C7H8O3. The number of aliphatic hydroxyl groups excluding tert-OH is 1. The molecule has 2 N–H and O–H groups in total. The topological polar surface area (TPSA) is 57.5 Å². The molecule has 0 aromatic carbocycles. The molecule has 0 aromatic rings. The maximum atomic E-state index is 10.2. The van der Waals surface area contributed by atoms with Gasteiger partial charge in [0.15, 0.2) is 6.29 Å². The van der Waals surface area contributed by atoms with Gasteiger partial charge in [0, 0.05) is 5.57 Å². The first kappa shape index (κ1) is 7.18. The summed E-state index contributed by atoms with van der Waals surface area (Å²) in [4.78, 5) is 10.2. The van der Waals surface area contributed by atoms with Crippen LogP contribution >= 0.6 is 0 Å². The molecule has 0 unspecified atom stereocenters. The molecule has 0 bridgehead atoms. The van der Waals surface area contributed by atoms with Crippen LogP contribution in [0.15, 0.2) is 23.3 Å². The molecule has 1 aliphatic carbocycles. The fourth-order valence-corrected chi connectivity index (χ4v) is 0.907. The fourth-order valence-electron chi connectivity index (χ4n) is 0.907. The Labute approximate surface area is 58.3 Å². The van der Waals surface area contributed by atoms with Crippen LogP contribution in [0.5, 0.6) is 0 Å². The summed E-state index contributed by atoms with van der Waals surface area (Å²) in [6, 6.07) is 0. The van der Waals surface area contributed by atoms with Crippen LogP contribution in [-0.4, -0.2) is 22.8 Å². The van der Waals surface area contributed by atoms with Crippen LogP contribution in [0, 0.1) is 0 Å². The molecule has 0 spiro atoms. The molecule has 0 saturated heterocycles. The number of carbonyl (C=O) groups is 1. The van der Waals surface area contributed by atoms with Crippen molar-refractivity contribution in [2.75, 3.05) is 0 Å². The number of rotatable bonds is 2. The molecule has 0 atom stereocenters. The molecule has 0 aliphatic heterocycles. The van der Waals surface area contributed by atoms with Crippen molar-refractivity contribution in [3.05, 3.63) is 23.3 Å². The van der Waals surface area contributed by atoms with Gasteiger partial charge in [0.05, 0.1) is 0 Å². The third-order valence-corrected chi connectivity index (χ3v) is 1.44.